The third kappa shape index (κ3) is 3.37. The van der Waals surface area contributed by atoms with Crippen LogP contribution in [-0.4, -0.2) is 61.7 Å². The van der Waals surface area contributed by atoms with Gasteiger partial charge in [0.05, 0.1) is 0 Å². The maximum absolute atomic E-state index is 12.5. The Morgan fingerprint density at radius 1 is 1.08 bits per heavy atom. The number of anilines is 1. The van der Waals surface area contributed by atoms with Crippen LogP contribution < -0.4 is 4.90 Å². The van der Waals surface area contributed by atoms with E-state index in [0.29, 0.717) is 5.82 Å². The largest absolute Gasteiger partial charge is 0.353 e. The Labute approximate surface area is 141 Å². The van der Waals surface area contributed by atoms with Crippen LogP contribution in [0.4, 0.5) is 5.82 Å². The molecule has 0 spiro atoms. The number of hydrogen-bond donors (Lipinski definition) is 0. The van der Waals surface area contributed by atoms with Crippen LogP contribution in [0.15, 0.2) is 25.0 Å². The average molecular weight is 329 g/mol. The fourth-order valence-corrected chi connectivity index (χ4v) is 3.01. The minimum Gasteiger partial charge on any atom is -0.353 e. The van der Waals surface area contributed by atoms with Gasteiger partial charge in [0.1, 0.15) is 24.8 Å². The van der Waals surface area contributed by atoms with Crippen LogP contribution in [0.3, 0.4) is 0 Å². The first-order valence-corrected chi connectivity index (χ1v) is 8.43. The number of amides is 1. The predicted octanol–water partition coefficient (Wildman–Crippen LogP) is 1.14. The highest BCUT2D eigenvalue weighted by Crippen LogP contribution is 2.18. The molecule has 0 N–H and O–H groups in total. The molecule has 8 nitrogen and oxygen atoms in total. The number of hydrogen-bond acceptors (Lipinski definition) is 6. The van der Waals surface area contributed by atoms with Gasteiger partial charge in [-0.2, -0.15) is 5.10 Å². The summed E-state index contributed by atoms with van der Waals surface area (Å²) in [7, 11) is 0. The van der Waals surface area contributed by atoms with E-state index in [1.807, 2.05) is 11.0 Å². The highest BCUT2D eigenvalue weighted by molar-refractivity contribution is 5.79. The van der Waals surface area contributed by atoms with Gasteiger partial charge in [0, 0.05) is 38.2 Å². The fourth-order valence-electron chi connectivity index (χ4n) is 3.01. The van der Waals surface area contributed by atoms with Crippen molar-refractivity contribution in [3.05, 3.63) is 25.0 Å². The van der Waals surface area contributed by atoms with Crippen molar-refractivity contribution in [1.29, 1.82) is 0 Å². The van der Waals surface area contributed by atoms with Crippen molar-refractivity contribution < 1.29 is 4.79 Å². The lowest BCUT2D eigenvalue weighted by atomic mass is 10.0. The zero-order valence-corrected chi connectivity index (χ0v) is 14.2. The van der Waals surface area contributed by atoms with E-state index in [1.54, 1.807) is 11.0 Å². The normalized spacial score (nSPS) is 15.1. The number of piperazine rings is 1. The maximum Gasteiger partial charge on any atom is 0.225 e. The molecule has 0 aliphatic carbocycles. The summed E-state index contributed by atoms with van der Waals surface area (Å²) in [4.78, 5) is 29.2. The highest BCUT2D eigenvalue weighted by Gasteiger charge is 2.26. The lowest BCUT2D eigenvalue weighted by Gasteiger charge is -2.36. The Bertz CT molecular complexity index is 661. The summed E-state index contributed by atoms with van der Waals surface area (Å²) < 4.78 is 1.61. The molecule has 0 saturated carbocycles. The van der Waals surface area contributed by atoms with E-state index in [0.717, 1.165) is 44.8 Å². The molecule has 3 heterocycles. The first-order chi connectivity index (χ1) is 11.7. The molecule has 1 saturated heterocycles. The van der Waals surface area contributed by atoms with Crippen LogP contribution in [0.1, 0.15) is 26.7 Å². The Hall–Kier alpha value is -2.51. The van der Waals surface area contributed by atoms with E-state index in [9.17, 15) is 4.79 Å². The van der Waals surface area contributed by atoms with Crippen LogP contribution in [0.2, 0.25) is 0 Å². The van der Waals surface area contributed by atoms with Crippen molar-refractivity contribution in [2.24, 2.45) is 5.92 Å². The third-order valence-corrected chi connectivity index (χ3v) is 4.54. The predicted molar refractivity (Wildman–Crippen MR) is 89.8 cm³/mol. The van der Waals surface area contributed by atoms with E-state index < -0.39 is 0 Å². The molecular weight excluding hydrogens is 306 g/mol. The Balaban J connectivity index is 1.65. The van der Waals surface area contributed by atoms with E-state index in [1.165, 1.54) is 12.7 Å². The minimum absolute atomic E-state index is 0.148. The molecule has 0 bridgehead atoms. The van der Waals surface area contributed by atoms with E-state index >= 15 is 0 Å². The quantitative estimate of drug-likeness (QED) is 0.818. The van der Waals surface area contributed by atoms with Crippen molar-refractivity contribution in [3.63, 3.8) is 0 Å². The van der Waals surface area contributed by atoms with Gasteiger partial charge in [-0.3, -0.25) is 4.79 Å². The van der Waals surface area contributed by atoms with Crippen LogP contribution >= 0.6 is 0 Å². The molecular formula is C16H23N7O. The molecule has 1 aliphatic heterocycles. The summed E-state index contributed by atoms with van der Waals surface area (Å²) in [6.45, 7) is 7.18. The van der Waals surface area contributed by atoms with Crippen molar-refractivity contribution in [2.75, 3.05) is 31.1 Å². The second kappa shape index (κ2) is 7.37. The van der Waals surface area contributed by atoms with Gasteiger partial charge in [-0.25, -0.2) is 19.6 Å². The van der Waals surface area contributed by atoms with Gasteiger partial charge in [0.2, 0.25) is 5.91 Å². The SMILES string of the molecule is CCC(CC)C(=O)N1CCN(c2cc(-n3cncn3)ncn2)CC1. The molecule has 1 aliphatic rings. The van der Waals surface area contributed by atoms with Gasteiger partial charge in [-0.1, -0.05) is 13.8 Å². The summed E-state index contributed by atoms with van der Waals surface area (Å²) in [5, 5.41) is 4.09. The third-order valence-electron chi connectivity index (χ3n) is 4.54. The molecule has 24 heavy (non-hydrogen) atoms. The van der Waals surface area contributed by atoms with Crippen molar-refractivity contribution >= 4 is 11.7 Å². The molecule has 1 amide bonds. The number of carbonyl (C=O) groups excluding carboxylic acids is 1. The number of nitrogens with zero attached hydrogens (tertiary/aromatic N) is 7. The smallest absolute Gasteiger partial charge is 0.225 e. The van der Waals surface area contributed by atoms with Gasteiger partial charge in [-0.05, 0) is 12.8 Å². The summed E-state index contributed by atoms with van der Waals surface area (Å²) in [5.41, 5.74) is 0. The minimum atomic E-state index is 0.148. The molecule has 2 aromatic heterocycles. The maximum atomic E-state index is 12.5. The molecule has 8 heteroatoms. The first kappa shape index (κ1) is 16.4. The second-order valence-corrected chi connectivity index (χ2v) is 5.90. The topological polar surface area (TPSA) is 80.0 Å². The van der Waals surface area contributed by atoms with Crippen molar-refractivity contribution in [3.8, 4) is 5.82 Å². The monoisotopic (exact) mass is 329 g/mol. The van der Waals surface area contributed by atoms with E-state index in [4.69, 9.17) is 0 Å². The zero-order valence-electron chi connectivity index (χ0n) is 14.2. The highest BCUT2D eigenvalue weighted by atomic mass is 16.2. The van der Waals surface area contributed by atoms with Gasteiger partial charge in [-0.15, -0.1) is 0 Å². The van der Waals surface area contributed by atoms with Crippen LogP contribution in [0, 0.1) is 5.92 Å². The van der Waals surface area contributed by atoms with Crippen LogP contribution in [0.25, 0.3) is 5.82 Å². The fraction of sp³-hybridized carbons (Fsp3) is 0.562. The second-order valence-electron chi connectivity index (χ2n) is 5.90. The number of rotatable bonds is 5. The van der Waals surface area contributed by atoms with Crippen LogP contribution in [0.5, 0.6) is 0 Å². The standard InChI is InChI=1S/C16H23N7O/c1-3-13(4-2)16(24)22-7-5-21(6-8-22)14-9-15(19-11-18-14)23-12-17-10-20-23/h9-13H,3-8H2,1-2H3. The van der Waals surface area contributed by atoms with Gasteiger partial charge >= 0.3 is 0 Å². The Kier molecular flexibility index (Phi) is 5.02. The average Bonchev–Trinajstić information content (AvgIpc) is 3.18. The molecule has 0 radical (unpaired) electrons. The summed E-state index contributed by atoms with van der Waals surface area (Å²) >= 11 is 0. The molecule has 3 rings (SSSR count). The number of aromatic nitrogens is 5. The van der Waals surface area contributed by atoms with Gasteiger partial charge in [0.25, 0.3) is 0 Å². The molecule has 1 fully saturated rings. The lowest BCUT2D eigenvalue weighted by molar-refractivity contribution is -0.136. The zero-order chi connectivity index (χ0) is 16.9. The molecule has 0 unspecified atom stereocenters. The number of carbonyl (C=O) groups is 1. The Morgan fingerprint density at radius 3 is 2.42 bits per heavy atom. The molecule has 0 aromatic carbocycles. The summed E-state index contributed by atoms with van der Waals surface area (Å²) in [6, 6.07) is 1.90. The van der Waals surface area contributed by atoms with Crippen LogP contribution in [-0.2, 0) is 4.79 Å². The van der Waals surface area contributed by atoms with Gasteiger partial charge in [0.15, 0.2) is 5.82 Å². The lowest BCUT2D eigenvalue weighted by Crippen LogP contribution is -2.50. The Morgan fingerprint density at radius 2 is 1.79 bits per heavy atom. The summed E-state index contributed by atoms with van der Waals surface area (Å²) in [5.74, 6) is 1.97. The van der Waals surface area contributed by atoms with Crippen molar-refractivity contribution in [2.45, 2.75) is 26.7 Å². The molecule has 2 aromatic rings. The first-order valence-electron chi connectivity index (χ1n) is 8.43. The van der Waals surface area contributed by atoms with E-state index in [-0.39, 0.29) is 11.8 Å². The van der Waals surface area contributed by atoms with Gasteiger partial charge < -0.3 is 9.80 Å². The van der Waals surface area contributed by atoms with Crippen molar-refractivity contribution in [1.82, 2.24) is 29.6 Å². The molecule has 128 valence electrons. The molecule has 0 atom stereocenters. The summed E-state index contributed by atoms with van der Waals surface area (Å²) in [6.07, 6.45) is 6.43. The van der Waals surface area contributed by atoms with E-state index in [2.05, 4.69) is 38.8 Å².